The monoisotopic (exact) mass is 560 g/mol. The van der Waals surface area contributed by atoms with E-state index < -0.39 is 6.10 Å². The van der Waals surface area contributed by atoms with Gasteiger partial charge in [-0.2, -0.15) is 0 Å². The summed E-state index contributed by atoms with van der Waals surface area (Å²) in [6.07, 6.45) is 0.387. The minimum absolute atomic E-state index is 0.191. The summed E-state index contributed by atoms with van der Waals surface area (Å²) in [5.74, 6) is 1.84. The Balaban J connectivity index is 2.06. The quantitative estimate of drug-likeness (QED) is 0.147. The first-order valence-electron chi connectivity index (χ1n) is 10.2. The fraction of sp³-hybridized carbons (Fsp3) is 0.458. The number of hydrogen-bond donors (Lipinski definition) is 0. The highest BCUT2D eigenvalue weighted by Gasteiger charge is 2.24. The number of ether oxygens (including phenoxy) is 4. The summed E-state index contributed by atoms with van der Waals surface area (Å²) >= 11 is 8.03. The van der Waals surface area contributed by atoms with E-state index in [1.165, 1.54) is 18.1 Å². The van der Waals surface area contributed by atoms with Crippen LogP contribution in [0.1, 0.15) is 38.3 Å². The minimum atomic E-state index is -0.439. The van der Waals surface area contributed by atoms with Crippen molar-refractivity contribution in [3.05, 3.63) is 57.2 Å². The topological polar surface area (TPSA) is 54.0 Å². The summed E-state index contributed by atoms with van der Waals surface area (Å²) in [7, 11) is 1.56. The van der Waals surface area contributed by atoms with Gasteiger partial charge >= 0.3 is 5.97 Å². The van der Waals surface area contributed by atoms with Crippen LogP contribution in [0.3, 0.4) is 0 Å². The van der Waals surface area contributed by atoms with E-state index >= 15 is 0 Å². The van der Waals surface area contributed by atoms with Gasteiger partial charge in [-0.1, -0.05) is 32.0 Å². The number of alkyl halides is 1. The molecule has 2 aromatic rings. The van der Waals surface area contributed by atoms with Crippen LogP contribution < -0.4 is 9.47 Å². The first-order chi connectivity index (χ1) is 14.8. The maximum absolute atomic E-state index is 11.2. The summed E-state index contributed by atoms with van der Waals surface area (Å²) in [5, 5.41) is 0. The van der Waals surface area contributed by atoms with Crippen molar-refractivity contribution in [2.45, 2.75) is 38.7 Å². The van der Waals surface area contributed by atoms with Gasteiger partial charge in [-0.25, -0.2) is 0 Å². The highest BCUT2D eigenvalue weighted by molar-refractivity contribution is 14.1. The van der Waals surface area contributed by atoms with Crippen LogP contribution in [0.25, 0.3) is 0 Å². The van der Waals surface area contributed by atoms with Crippen molar-refractivity contribution in [2.75, 3.05) is 32.8 Å². The van der Waals surface area contributed by atoms with Crippen molar-refractivity contribution >= 4 is 40.2 Å². The van der Waals surface area contributed by atoms with Gasteiger partial charge in [0.2, 0.25) is 0 Å². The highest BCUT2D eigenvalue weighted by atomic mass is 127. The van der Waals surface area contributed by atoms with E-state index in [1.54, 1.807) is 7.11 Å². The Labute approximate surface area is 203 Å². The Morgan fingerprint density at radius 3 is 2.32 bits per heavy atom. The van der Waals surface area contributed by atoms with Crippen molar-refractivity contribution in [3.8, 4) is 11.5 Å². The van der Waals surface area contributed by atoms with Crippen molar-refractivity contribution in [2.24, 2.45) is 0 Å². The maximum atomic E-state index is 11.2. The standard InChI is InChI=1S/C24H30ClIO5/c1-17(27)31-21(15-28-4)16-30-20-9-6-18(7-10-20)24(2,3)19-8-11-23(22(26)14-19)29-13-5-12-25/h6-11,14,21H,5,12-13,15-16H2,1-4H3/t21-/m1/s1. The Morgan fingerprint density at radius 1 is 1.06 bits per heavy atom. The molecule has 31 heavy (non-hydrogen) atoms. The van der Waals surface area contributed by atoms with Gasteiger partial charge in [0.1, 0.15) is 18.1 Å². The molecule has 0 heterocycles. The molecule has 0 aliphatic carbocycles. The van der Waals surface area contributed by atoms with Crippen LogP contribution in [-0.4, -0.2) is 44.9 Å². The molecule has 0 unspecified atom stereocenters. The molecule has 0 bridgehead atoms. The van der Waals surface area contributed by atoms with Crippen LogP contribution in [0.2, 0.25) is 0 Å². The number of methoxy groups -OCH3 is 1. The zero-order chi connectivity index (χ0) is 22.9. The second-order valence-corrected chi connectivity index (χ2v) is 9.22. The summed E-state index contributed by atoms with van der Waals surface area (Å²) in [6.45, 7) is 6.90. The zero-order valence-corrected chi connectivity index (χ0v) is 21.4. The molecule has 0 radical (unpaired) electrons. The van der Waals surface area contributed by atoms with Gasteiger partial charge in [0.15, 0.2) is 6.10 Å². The van der Waals surface area contributed by atoms with E-state index in [1.807, 2.05) is 18.2 Å². The van der Waals surface area contributed by atoms with Crippen molar-refractivity contribution in [1.82, 2.24) is 0 Å². The molecule has 0 fully saturated rings. The van der Waals surface area contributed by atoms with Gasteiger partial charge in [0.25, 0.3) is 0 Å². The summed E-state index contributed by atoms with van der Waals surface area (Å²) in [5.41, 5.74) is 2.17. The fourth-order valence-electron chi connectivity index (χ4n) is 3.10. The number of carbonyl (C=O) groups excluding carboxylic acids is 1. The molecular formula is C24H30ClIO5. The lowest BCUT2D eigenvalue weighted by atomic mass is 9.78. The molecule has 7 heteroatoms. The van der Waals surface area contributed by atoms with Crippen LogP contribution in [0.5, 0.6) is 11.5 Å². The SMILES string of the molecule is COC[C@H](COc1ccc(C(C)(C)c2ccc(OCCCCl)c(I)c2)cc1)OC(C)=O. The maximum Gasteiger partial charge on any atom is 0.303 e. The number of esters is 1. The van der Waals surface area contributed by atoms with E-state index in [-0.39, 0.29) is 24.6 Å². The number of carbonyl (C=O) groups is 1. The Bertz CT molecular complexity index is 838. The molecule has 0 saturated heterocycles. The third-order valence-corrected chi connectivity index (χ3v) is 6.00. The van der Waals surface area contributed by atoms with Gasteiger partial charge in [0.05, 0.1) is 16.8 Å². The third-order valence-electron chi connectivity index (χ3n) is 4.89. The van der Waals surface area contributed by atoms with E-state index in [0.717, 1.165) is 15.7 Å². The van der Waals surface area contributed by atoms with E-state index in [9.17, 15) is 4.79 Å². The van der Waals surface area contributed by atoms with Gasteiger partial charge in [-0.15, -0.1) is 11.6 Å². The van der Waals surface area contributed by atoms with E-state index in [0.29, 0.717) is 18.2 Å². The van der Waals surface area contributed by atoms with Crippen LogP contribution in [0.4, 0.5) is 0 Å². The van der Waals surface area contributed by atoms with Crippen LogP contribution in [-0.2, 0) is 19.7 Å². The first kappa shape index (κ1) is 25.7. The highest BCUT2D eigenvalue weighted by Crippen LogP contribution is 2.35. The molecule has 0 amide bonds. The number of rotatable bonds is 12. The Hall–Kier alpha value is -1.51. The lowest BCUT2D eigenvalue weighted by molar-refractivity contribution is -0.150. The lowest BCUT2D eigenvalue weighted by Gasteiger charge is -2.27. The average Bonchev–Trinajstić information content (AvgIpc) is 2.73. The molecule has 0 aliphatic heterocycles. The molecule has 2 rings (SSSR count). The molecule has 0 saturated carbocycles. The van der Waals surface area contributed by atoms with Crippen molar-refractivity contribution in [3.63, 3.8) is 0 Å². The van der Waals surface area contributed by atoms with Gasteiger partial charge in [-0.05, 0) is 64.4 Å². The van der Waals surface area contributed by atoms with Gasteiger partial charge in [0, 0.05) is 25.3 Å². The minimum Gasteiger partial charge on any atom is -0.492 e. The molecule has 1 atom stereocenters. The number of benzene rings is 2. The van der Waals surface area contributed by atoms with E-state index in [4.69, 9.17) is 30.5 Å². The normalized spacial score (nSPS) is 12.3. The predicted molar refractivity (Wildman–Crippen MR) is 131 cm³/mol. The summed E-state index contributed by atoms with van der Waals surface area (Å²) in [6, 6.07) is 14.3. The van der Waals surface area contributed by atoms with Crippen molar-refractivity contribution < 1.29 is 23.7 Å². The molecule has 0 N–H and O–H groups in total. The Morgan fingerprint density at radius 2 is 1.74 bits per heavy atom. The second kappa shape index (κ2) is 12.5. The molecular weight excluding hydrogens is 531 g/mol. The first-order valence-corrected chi connectivity index (χ1v) is 11.8. The van der Waals surface area contributed by atoms with Gasteiger partial charge in [-0.3, -0.25) is 4.79 Å². The third kappa shape index (κ3) is 7.84. The summed E-state index contributed by atoms with van der Waals surface area (Å²) < 4.78 is 22.9. The average molecular weight is 561 g/mol. The van der Waals surface area contributed by atoms with Crippen LogP contribution >= 0.6 is 34.2 Å². The van der Waals surface area contributed by atoms with Crippen LogP contribution in [0, 0.1) is 3.57 Å². The summed E-state index contributed by atoms with van der Waals surface area (Å²) in [4.78, 5) is 11.2. The second-order valence-electron chi connectivity index (χ2n) is 7.68. The largest absolute Gasteiger partial charge is 0.492 e. The smallest absolute Gasteiger partial charge is 0.303 e. The predicted octanol–water partition coefficient (Wildman–Crippen LogP) is 5.58. The number of halogens is 2. The van der Waals surface area contributed by atoms with Crippen molar-refractivity contribution in [1.29, 1.82) is 0 Å². The molecule has 0 aromatic heterocycles. The van der Waals surface area contributed by atoms with Crippen LogP contribution in [0.15, 0.2) is 42.5 Å². The van der Waals surface area contributed by atoms with E-state index in [2.05, 4.69) is 60.7 Å². The molecule has 0 aliphatic rings. The fourth-order valence-corrected chi connectivity index (χ4v) is 3.88. The van der Waals surface area contributed by atoms with Gasteiger partial charge < -0.3 is 18.9 Å². The molecule has 0 spiro atoms. The molecule has 170 valence electrons. The Kier molecular flexibility index (Phi) is 10.4. The lowest BCUT2D eigenvalue weighted by Crippen LogP contribution is -2.28. The number of hydrogen-bond acceptors (Lipinski definition) is 5. The zero-order valence-electron chi connectivity index (χ0n) is 18.5. The molecule has 2 aromatic carbocycles. The molecule has 5 nitrogen and oxygen atoms in total.